The van der Waals surface area contributed by atoms with E-state index in [4.69, 9.17) is 9.47 Å². The molecule has 1 rings (SSSR count). The van der Waals surface area contributed by atoms with E-state index in [9.17, 15) is 9.59 Å². The van der Waals surface area contributed by atoms with E-state index in [2.05, 4.69) is 18.8 Å². The summed E-state index contributed by atoms with van der Waals surface area (Å²) in [6, 6.07) is 0. The van der Waals surface area contributed by atoms with Gasteiger partial charge in [-0.05, 0) is 25.7 Å². The molecule has 274 valence electrons. The van der Waals surface area contributed by atoms with Crippen molar-refractivity contribution in [3.63, 3.8) is 0 Å². The van der Waals surface area contributed by atoms with Gasteiger partial charge < -0.3 is 9.47 Å². The number of unbranched alkanes of at least 4 members (excludes halogenated alkanes) is 22. The van der Waals surface area contributed by atoms with Crippen molar-refractivity contribution in [3.8, 4) is 0 Å². The van der Waals surface area contributed by atoms with Crippen LogP contribution in [0, 0.1) is 0 Å². The second-order valence-corrected chi connectivity index (χ2v) is 17.0. The minimum atomic E-state index is -0.199. The highest BCUT2D eigenvalue weighted by Gasteiger charge is 2.16. The van der Waals surface area contributed by atoms with Gasteiger partial charge >= 0.3 is 11.9 Å². The van der Waals surface area contributed by atoms with Crippen LogP contribution in [0.3, 0.4) is 0 Å². The smallest absolute Gasteiger partial charge is 0.302 e. The first-order chi connectivity index (χ1) is 22.9. The molecule has 0 N–H and O–H groups in total. The van der Waals surface area contributed by atoms with Crippen LogP contribution >= 0.6 is 34.9 Å². The second kappa shape index (κ2) is 32.5. The van der Waals surface area contributed by atoms with Gasteiger partial charge in [-0.3, -0.25) is 9.59 Å². The summed E-state index contributed by atoms with van der Waals surface area (Å²) < 4.78 is 13.5. The van der Waals surface area contributed by atoms with Crippen LogP contribution in [0.15, 0.2) is 14.7 Å². The molecular formula is C39H71NO4S3. The van der Waals surface area contributed by atoms with Crippen molar-refractivity contribution in [2.24, 2.45) is 0 Å². The Labute approximate surface area is 302 Å². The molecule has 0 spiro atoms. The zero-order chi connectivity index (χ0) is 34.2. The number of esters is 2. The van der Waals surface area contributed by atoms with Gasteiger partial charge in [-0.25, -0.2) is 4.98 Å². The van der Waals surface area contributed by atoms with Gasteiger partial charge in [0.1, 0.15) is 12.2 Å². The number of carbonyl (C=O) groups excluding carboxylic acids is 2. The van der Waals surface area contributed by atoms with E-state index < -0.39 is 0 Å². The Hall–Kier alpha value is -0.730. The molecule has 1 aromatic rings. The molecule has 0 amide bonds. The molecular weight excluding hydrogens is 643 g/mol. The van der Waals surface area contributed by atoms with E-state index in [0.717, 1.165) is 45.7 Å². The normalized spacial score (nSPS) is 12.7. The molecule has 0 radical (unpaired) electrons. The minimum absolute atomic E-state index is 0.0530. The lowest BCUT2D eigenvalue weighted by atomic mass is 10.0. The predicted molar refractivity (Wildman–Crippen MR) is 206 cm³/mol. The van der Waals surface area contributed by atoms with Gasteiger partial charge in [0, 0.05) is 25.4 Å². The maximum absolute atomic E-state index is 11.7. The number of hydrogen-bond donors (Lipinski definition) is 0. The zero-order valence-corrected chi connectivity index (χ0v) is 33.3. The Balaban J connectivity index is 2.24. The van der Waals surface area contributed by atoms with Gasteiger partial charge in [0.05, 0.1) is 10.4 Å². The lowest BCUT2D eigenvalue weighted by Gasteiger charge is -2.16. The monoisotopic (exact) mass is 713 g/mol. The van der Waals surface area contributed by atoms with Gasteiger partial charge in [-0.2, -0.15) is 0 Å². The van der Waals surface area contributed by atoms with Crippen LogP contribution in [0.5, 0.6) is 0 Å². The summed E-state index contributed by atoms with van der Waals surface area (Å²) in [6.07, 6.45) is 35.5. The molecule has 0 saturated heterocycles. The molecule has 0 bridgehead atoms. The van der Waals surface area contributed by atoms with E-state index in [0.29, 0.717) is 0 Å². The number of ether oxygens (including phenoxy) is 2. The van der Waals surface area contributed by atoms with Crippen molar-refractivity contribution in [2.45, 2.75) is 215 Å². The van der Waals surface area contributed by atoms with E-state index in [-0.39, 0.29) is 24.1 Å². The molecule has 2 atom stereocenters. The average molecular weight is 714 g/mol. The maximum atomic E-state index is 11.7. The van der Waals surface area contributed by atoms with Crippen LogP contribution in [0.2, 0.25) is 0 Å². The first-order valence-electron chi connectivity index (χ1n) is 19.5. The molecule has 8 heteroatoms. The van der Waals surface area contributed by atoms with E-state index >= 15 is 0 Å². The highest BCUT2D eigenvalue weighted by Crippen LogP contribution is 2.33. The van der Waals surface area contributed by atoms with Gasteiger partial charge in [0.25, 0.3) is 0 Å². The summed E-state index contributed by atoms with van der Waals surface area (Å²) in [4.78, 5) is 28.1. The van der Waals surface area contributed by atoms with Crippen LogP contribution in [-0.2, 0) is 19.1 Å². The summed E-state index contributed by atoms with van der Waals surface area (Å²) in [7, 11) is 0. The van der Waals surface area contributed by atoms with Crippen LogP contribution in [0.1, 0.15) is 195 Å². The molecule has 0 aliphatic rings. The van der Waals surface area contributed by atoms with Crippen molar-refractivity contribution < 1.29 is 19.1 Å². The first-order valence-corrected chi connectivity index (χ1v) is 22.3. The molecule has 1 heterocycles. The second-order valence-electron chi connectivity index (χ2n) is 13.4. The Morgan fingerprint density at radius 1 is 0.574 bits per heavy atom. The number of carbonyl (C=O) groups is 2. The molecule has 0 aliphatic heterocycles. The van der Waals surface area contributed by atoms with Crippen molar-refractivity contribution in [1.29, 1.82) is 0 Å². The lowest BCUT2D eigenvalue weighted by molar-refractivity contribution is -0.146. The third kappa shape index (κ3) is 28.8. The topological polar surface area (TPSA) is 65.5 Å². The van der Waals surface area contributed by atoms with Crippen molar-refractivity contribution in [3.05, 3.63) is 6.20 Å². The highest BCUT2D eigenvalue weighted by atomic mass is 32.2. The van der Waals surface area contributed by atoms with Crippen molar-refractivity contribution in [1.82, 2.24) is 4.98 Å². The summed E-state index contributed by atoms with van der Waals surface area (Å²) in [5.41, 5.74) is 0. The third-order valence-corrected chi connectivity index (χ3v) is 12.3. The number of nitrogens with zero attached hydrogens (tertiary/aromatic N) is 1. The molecule has 0 saturated carbocycles. The predicted octanol–water partition coefficient (Wildman–Crippen LogP) is 13.4. The van der Waals surface area contributed by atoms with Crippen molar-refractivity contribution >= 4 is 46.8 Å². The number of thioether (sulfide) groups is 2. The Morgan fingerprint density at radius 2 is 0.915 bits per heavy atom. The van der Waals surface area contributed by atoms with Gasteiger partial charge in [0.2, 0.25) is 0 Å². The van der Waals surface area contributed by atoms with Crippen molar-refractivity contribution in [2.75, 3.05) is 11.5 Å². The molecule has 0 fully saturated rings. The quantitative estimate of drug-likeness (QED) is 0.0400. The van der Waals surface area contributed by atoms with Gasteiger partial charge in [0.15, 0.2) is 4.34 Å². The number of rotatable bonds is 34. The average Bonchev–Trinajstić information content (AvgIpc) is 3.50. The summed E-state index contributed by atoms with van der Waals surface area (Å²) in [6.45, 7) is 7.57. The fourth-order valence-electron chi connectivity index (χ4n) is 5.96. The summed E-state index contributed by atoms with van der Waals surface area (Å²) in [5, 5.41) is 0. The van der Waals surface area contributed by atoms with Crippen LogP contribution < -0.4 is 0 Å². The molecule has 2 unspecified atom stereocenters. The fraction of sp³-hybridized carbons (Fsp3) is 0.872. The third-order valence-electron chi connectivity index (χ3n) is 8.69. The van der Waals surface area contributed by atoms with E-state index in [1.54, 1.807) is 34.9 Å². The molecule has 1 aromatic heterocycles. The number of aromatic nitrogens is 1. The highest BCUT2D eigenvalue weighted by molar-refractivity contribution is 8.03. The molecule has 47 heavy (non-hydrogen) atoms. The molecule has 5 nitrogen and oxygen atoms in total. The van der Waals surface area contributed by atoms with Gasteiger partial charge in [-0.15, -0.1) is 23.1 Å². The Kier molecular flexibility index (Phi) is 30.6. The maximum Gasteiger partial charge on any atom is 0.302 e. The molecule has 0 aliphatic carbocycles. The van der Waals surface area contributed by atoms with E-state index in [1.165, 1.54) is 155 Å². The summed E-state index contributed by atoms with van der Waals surface area (Å²) >= 11 is 5.09. The van der Waals surface area contributed by atoms with Crippen LogP contribution in [-0.4, -0.2) is 40.6 Å². The lowest BCUT2D eigenvalue weighted by Crippen LogP contribution is -2.19. The van der Waals surface area contributed by atoms with Crippen LogP contribution in [0.4, 0.5) is 0 Å². The number of thiazole rings is 1. The summed E-state index contributed by atoms with van der Waals surface area (Å²) in [5.74, 6) is 1.11. The molecule has 0 aromatic carbocycles. The fourth-order valence-corrected chi connectivity index (χ4v) is 9.29. The van der Waals surface area contributed by atoms with Gasteiger partial charge in [-0.1, -0.05) is 167 Å². The van der Waals surface area contributed by atoms with Crippen LogP contribution in [0.25, 0.3) is 0 Å². The Bertz CT molecular complexity index is 799. The first kappa shape index (κ1) is 44.3. The van der Waals surface area contributed by atoms with E-state index in [1.807, 2.05) is 6.20 Å². The standard InChI is InChI=1S/C39H71NO4S3/c1-5-7-9-11-13-15-17-19-21-23-25-27-29-36(43-34(3)41)32-45-38-31-40-39(47-38)46-33-37(44-35(4)42)30-28-26-24-22-20-18-16-14-12-10-8-6-2/h31,36-37H,5-30,32-33H2,1-4H3. The SMILES string of the molecule is CCCCCCCCCCCCCCC(CSc1cnc(SCC(CCCCCCCCCCCCCC)OC(C)=O)s1)OC(C)=O. The Morgan fingerprint density at radius 3 is 1.28 bits per heavy atom. The zero-order valence-electron chi connectivity index (χ0n) is 30.8. The largest absolute Gasteiger partial charge is 0.462 e. The minimum Gasteiger partial charge on any atom is -0.462 e. The number of hydrogen-bond acceptors (Lipinski definition) is 8.